The molecule has 1 amide bonds. The van der Waals surface area contributed by atoms with Crippen LogP contribution in [0.1, 0.15) is 6.42 Å². The van der Waals surface area contributed by atoms with E-state index in [1.807, 2.05) is 0 Å². The van der Waals surface area contributed by atoms with Crippen LogP contribution in [0.2, 0.25) is 6.32 Å². The Labute approximate surface area is 94.5 Å². The molecule has 0 saturated carbocycles. The van der Waals surface area contributed by atoms with Crippen molar-refractivity contribution in [2.75, 3.05) is 6.54 Å². The molecule has 2 radical (unpaired) electrons. The van der Waals surface area contributed by atoms with E-state index in [4.69, 9.17) is 17.6 Å². The molecule has 1 rings (SSSR count). The van der Waals surface area contributed by atoms with Crippen molar-refractivity contribution in [3.05, 3.63) is 11.9 Å². The van der Waals surface area contributed by atoms with Crippen LogP contribution in [0.4, 0.5) is 0 Å². The Morgan fingerprint density at radius 3 is 2.69 bits per heavy atom. The Hall–Kier alpha value is -0.615. The van der Waals surface area contributed by atoms with E-state index in [2.05, 4.69) is 0 Å². The number of aliphatic hydroxyl groups is 1. The van der Waals surface area contributed by atoms with Crippen molar-refractivity contribution in [1.29, 1.82) is 0 Å². The molecule has 2 unspecified atom stereocenters. The summed E-state index contributed by atoms with van der Waals surface area (Å²) in [5, 5.41) is 9.38. The Balaban J connectivity index is 2.74. The van der Waals surface area contributed by atoms with E-state index in [1.54, 1.807) is 0 Å². The second-order valence-corrected chi connectivity index (χ2v) is 5.11. The smallest absolute Gasteiger partial charge is 0.348 e. The number of aliphatic hydroxyl groups excluding tert-OH is 1. The molecule has 0 aromatic heterocycles. The molecular formula is C8H13BNO5P. The highest BCUT2D eigenvalue weighted by atomic mass is 31.2. The molecule has 3 N–H and O–H groups in total. The Morgan fingerprint density at radius 2 is 2.19 bits per heavy atom. The lowest BCUT2D eigenvalue weighted by molar-refractivity contribution is -0.129. The molecule has 0 aliphatic carbocycles. The third kappa shape index (κ3) is 3.75. The SMILES string of the molecule is [B]CC(=O)N1CC(O)CC1/C=C/P(=O)(O)O. The van der Waals surface area contributed by atoms with Gasteiger partial charge in [0.05, 0.1) is 20.0 Å². The molecule has 0 aromatic carbocycles. The van der Waals surface area contributed by atoms with E-state index in [1.165, 1.54) is 11.0 Å². The molecule has 1 saturated heterocycles. The minimum Gasteiger partial charge on any atom is -0.391 e. The van der Waals surface area contributed by atoms with Gasteiger partial charge in [-0.1, -0.05) is 6.08 Å². The van der Waals surface area contributed by atoms with Gasteiger partial charge in [-0.25, -0.2) is 0 Å². The lowest BCUT2D eigenvalue weighted by atomic mass is 10.0. The van der Waals surface area contributed by atoms with Gasteiger partial charge in [0.1, 0.15) is 0 Å². The van der Waals surface area contributed by atoms with Crippen molar-refractivity contribution in [2.24, 2.45) is 0 Å². The average Bonchev–Trinajstić information content (AvgIpc) is 2.54. The number of likely N-dealkylation sites (tertiary alicyclic amines) is 1. The quantitative estimate of drug-likeness (QED) is 0.447. The van der Waals surface area contributed by atoms with Gasteiger partial charge >= 0.3 is 7.60 Å². The van der Waals surface area contributed by atoms with Crippen LogP contribution in [0.15, 0.2) is 11.9 Å². The fourth-order valence-corrected chi connectivity index (χ4v) is 2.06. The summed E-state index contributed by atoms with van der Waals surface area (Å²) >= 11 is 0. The lowest BCUT2D eigenvalue weighted by Gasteiger charge is -2.21. The summed E-state index contributed by atoms with van der Waals surface area (Å²) in [6.45, 7) is 0.145. The van der Waals surface area contributed by atoms with E-state index in [0.29, 0.717) is 0 Å². The van der Waals surface area contributed by atoms with Gasteiger partial charge < -0.3 is 19.8 Å². The normalized spacial score (nSPS) is 26.6. The second-order valence-electron chi connectivity index (χ2n) is 3.64. The maximum Gasteiger partial charge on any atom is 0.348 e. The predicted molar refractivity (Wildman–Crippen MR) is 57.9 cm³/mol. The van der Waals surface area contributed by atoms with Crippen molar-refractivity contribution in [1.82, 2.24) is 4.90 Å². The van der Waals surface area contributed by atoms with Crippen LogP contribution in [0.5, 0.6) is 0 Å². The summed E-state index contributed by atoms with van der Waals surface area (Å²) in [5.41, 5.74) is 0. The largest absolute Gasteiger partial charge is 0.391 e. The molecule has 8 heteroatoms. The van der Waals surface area contributed by atoms with Gasteiger partial charge in [-0.2, -0.15) is 0 Å². The zero-order valence-electron chi connectivity index (χ0n) is 8.56. The Morgan fingerprint density at radius 1 is 1.56 bits per heavy atom. The molecule has 1 fully saturated rings. The molecule has 1 heterocycles. The van der Waals surface area contributed by atoms with Crippen LogP contribution in [0, 0.1) is 0 Å². The number of rotatable bonds is 3. The van der Waals surface area contributed by atoms with E-state index in [-0.39, 0.29) is 25.2 Å². The number of amides is 1. The first kappa shape index (κ1) is 13.4. The zero-order chi connectivity index (χ0) is 12.3. The van der Waals surface area contributed by atoms with Crippen LogP contribution in [-0.4, -0.2) is 52.2 Å². The van der Waals surface area contributed by atoms with Gasteiger partial charge in [0.2, 0.25) is 5.91 Å². The minimum atomic E-state index is -4.23. The monoisotopic (exact) mass is 245 g/mol. The van der Waals surface area contributed by atoms with E-state index in [9.17, 15) is 14.5 Å². The molecule has 0 aromatic rings. The van der Waals surface area contributed by atoms with E-state index < -0.39 is 19.7 Å². The number of carbonyl (C=O) groups excluding carboxylic acids is 1. The first-order chi connectivity index (χ1) is 7.33. The average molecular weight is 245 g/mol. The highest BCUT2D eigenvalue weighted by Crippen LogP contribution is 2.37. The van der Waals surface area contributed by atoms with Crippen molar-refractivity contribution in [3.63, 3.8) is 0 Å². The second kappa shape index (κ2) is 5.14. The third-order valence-electron chi connectivity index (χ3n) is 2.32. The van der Waals surface area contributed by atoms with E-state index >= 15 is 0 Å². The summed E-state index contributed by atoms with van der Waals surface area (Å²) in [6, 6.07) is -0.501. The van der Waals surface area contributed by atoms with Crippen LogP contribution in [0.3, 0.4) is 0 Å². The summed E-state index contributed by atoms with van der Waals surface area (Å²) in [5.74, 6) is 0.392. The summed E-state index contributed by atoms with van der Waals surface area (Å²) in [7, 11) is 0.956. The van der Waals surface area contributed by atoms with Gasteiger partial charge in [0.25, 0.3) is 0 Å². The first-order valence-electron chi connectivity index (χ1n) is 4.75. The highest BCUT2D eigenvalue weighted by molar-refractivity contribution is 7.55. The number of carbonyl (C=O) groups is 1. The van der Waals surface area contributed by atoms with Crippen LogP contribution >= 0.6 is 7.60 Å². The van der Waals surface area contributed by atoms with Gasteiger partial charge in [0.15, 0.2) is 0 Å². The number of β-amino-alcohol motifs (C(OH)–C–C–N with tert-alkyl or cyclic N) is 1. The number of nitrogens with zero attached hydrogens (tertiary/aromatic N) is 1. The molecule has 1 aliphatic rings. The topological polar surface area (TPSA) is 98.1 Å². The zero-order valence-corrected chi connectivity index (χ0v) is 9.46. The van der Waals surface area contributed by atoms with Crippen LogP contribution in [0.25, 0.3) is 0 Å². The molecular weight excluding hydrogens is 232 g/mol. The lowest BCUT2D eigenvalue weighted by Crippen LogP contribution is -2.34. The fourth-order valence-electron chi connectivity index (χ4n) is 1.64. The Bertz CT molecular complexity index is 341. The standard InChI is InChI=1S/C8H13BNO5P/c9-4-8(12)10-5-7(11)3-6(10)1-2-16(13,14)15/h1-2,6-7,11H,3-5H2,(H2,13,14,15)/b2-1+. The molecule has 6 nitrogen and oxygen atoms in total. The first-order valence-corrected chi connectivity index (χ1v) is 6.44. The van der Waals surface area contributed by atoms with E-state index in [0.717, 1.165) is 5.82 Å². The van der Waals surface area contributed by atoms with Crippen LogP contribution in [-0.2, 0) is 9.36 Å². The minimum absolute atomic E-state index is 0.145. The van der Waals surface area contributed by atoms with Gasteiger partial charge in [-0.15, -0.1) is 0 Å². The molecule has 88 valence electrons. The van der Waals surface area contributed by atoms with Crippen molar-refractivity contribution in [2.45, 2.75) is 24.9 Å². The molecule has 2 atom stereocenters. The predicted octanol–water partition coefficient (Wildman–Crippen LogP) is -0.774. The summed E-state index contributed by atoms with van der Waals surface area (Å²) in [6.07, 6.45) is 0.640. The molecule has 1 aliphatic heterocycles. The van der Waals surface area contributed by atoms with Crippen LogP contribution < -0.4 is 0 Å². The maximum atomic E-state index is 11.4. The van der Waals surface area contributed by atoms with Crippen molar-refractivity contribution in [3.8, 4) is 0 Å². The van der Waals surface area contributed by atoms with Gasteiger partial charge in [0, 0.05) is 12.4 Å². The molecule has 16 heavy (non-hydrogen) atoms. The molecule has 0 spiro atoms. The van der Waals surface area contributed by atoms with Crippen molar-refractivity contribution >= 4 is 21.3 Å². The Kier molecular flexibility index (Phi) is 4.32. The maximum absolute atomic E-state index is 11.4. The third-order valence-corrected chi connectivity index (χ3v) is 2.88. The number of hydrogen-bond acceptors (Lipinski definition) is 3. The van der Waals surface area contributed by atoms with Crippen molar-refractivity contribution < 1.29 is 24.3 Å². The fraction of sp³-hybridized carbons (Fsp3) is 0.625. The summed E-state index contributed by atoms with van der Waals surface area (Å²) < 4.78 is 10.6. The highest BCUT2D eigenvalue weighted by Gasteiger charge is 2.32. The van der Waals surface area contributed by atoms with Gasteiger partial charge in [-0.05, 0) is 12.7 Å². The van der Waals surface area contributed by atoms with Gasteiger partial charge in [-0.3, -0.25) is 9.36 Å². The summed E-state index contributed by atoms with van der Waals surface area (Å²) in [4.78, 5) is 30.0. The number of hydrogen-bond donors (Lipinski definition) is 3. The molecule has 0 bridgehead atoms.